The quantitative estimate of drug-likeness (QED) is 0.394. The van der Waals surface area contributed by atoms with Gasteiger partial charge in [-0.25, -0.2) is 0 Å². The van der Waals surface area contributed by atoms with E-state index < -0.39 is 0 Å². The fourth-order valence-corrected chi connectivity index (χ4v) is 2.77. The summed E-state index contributed by atoms with van der Waals surface area (Å²) in [7, 11) is 1.39. The molecule has 2 aromatic rings. The predicted octanol–water partition coefficient (Wildman–Crippen LogP) is 3.77. The summed E-state index contributed by atoms with van der Waals surface area (Å²) in [5, 5.41) is 2.87. The second kappa shape index (κ2) is 10.9. The van der Waals surface area contributed by atoms with Crippen molar-refractivity contribution in [3.8, 4) is 0 Å². The number of amides is 1. The largest absolute Gasteiger partial charge is 0.469 e. The van der Waals surface area contributed by atoms with E-state index in [4.69, 9.17) is 0 Å². The smallest absolute Gasteiger partial charge is 0.305 e. The number of ketones is 1. The Labute approximate surface area is 159 Å². The summed E-state index contributed by atoms with van der Waals surface area (Å²) in [5.41, 5.74) is 1.35. The molecule has 0 radical (unpaired) electrons. The van der Waals surface area contributed by atoms with Crippen LogP contribution in [0.15, 0.2) is 54.6 Å². The molecule has 1 amide bonds. The average molecular weight is 367 g/mol. The van der Waals surface area contributed by atoms with Gasteiger partial charge >= 0.3 is 5.97 Å². The van der Waals surface area contributed by atoms with Crippen molar-refractivity contribution < 1.29 is 19.1 Å². The number of rotatable bonds is 10. The van der Waals surface area contributed by atoms with Crippen molar-refractivity contribution in [3.05, 3.63) is 71.3 Å². The highest BCUT2D eigenvalue weighted by molar-refractivity contribution is 6.15. The maximum absolute atomic E-state index is 12.7. The SMILES string of the molecule is COC(=O)CCCCCCNC(=O)c1ccccc1C(=O)c1ccccc1. The number of carbonyl (C=O) groups excluding carboxylic acids is 3. The molecule has 0 saturated heterocycles. The van der Waals surface area contributed by atoms with Crippen LogP contribution < -0.4 is 5.32 Å². The van der Waals surface area contributed by atoms with Gasteiger partial charge < -0.3 is 10.1 Å². The first kappa shape index (κ1) is 20.4. The maximum Gasteiger partial charge on any atom is 0.305 e. The molecule has 0 aromatic heterocycles. The Hall–Kier alpha value is -2.95. The highest BCUT2D eigenvalue weighted by Gasteiger charge is 2.17. The molecule has 0 heterocycles. The van der Waals surface area contributed by atoms with Crippen LogP contribution >= 0.6 is 0 Å². The minimum atomic E-state index is -0.246. The zero-order valence-electron chi connectivity index (χ0n) is 15.6. The third kappa shape index (κ3) is 6.37. The highest BCUT2D eigenvalue weighted by Crippen LogP contribution is 2.15. The Morgan fingerprint density at radius 2 is 1.44 bits per heavy atom. The second-order valence-corrected chi connectivity index (χ2v) is 6.24. The molecule has 0 unspecified atom stereocenters. The Morgan fingerprint density at radius 3 is 2.15 bits per heavy atom. The lowest BCUT2D eigenvalue weighted by Crippen LogP contribution is -2.26. The number of nitrogens with one attached hydrogen (secondary N) is 1. The number of hydrogen-bond donors (Lipinski definition) is 1. The van der Waals surface area contributed by atoms with Gasteiger partial charge in [0, 0.05) is 24.1 Å². The number of benzene rings is 2. The van der Waals surface area contributed by atoms with Crippen LogP contribution in [-0.4, -0.2) is 31.3 Å². The molecule has 0 aliphatic rings. The van der Waals surface area contributed by atoms with Crippen LogP contribution in [0.25, 0.3) is 0 Å². The Morgan fingerprint density at radius 1 is 0.815 bits per heavy atom. The van der Waals surface area contributed by atoms with E-state index >= 15 is 0 Å². The highest BCUT2D eigenvalue weighted by atomic mass is 16.5. The molecule has 27 heavy (non-hydrogen) atoms. The molecule has 0 spiro atoms. The van der Waals surface area contributed by atoms with Crippen molar-refractivity contribution in [1.82, 2.24) is 5.32 Å². The van der Waals surface area contributed by atoms with Crippen molar-refractivity contribution in [2.45, 2.75) is 32.1 Å². The Kier molecular flexibility index (Phi) is 8.23. The lowest BCUT2D eigenvalue weighted by Gasteiger charge is -2.10. The summed E-state index contributed by atoms with van der Waals surface area (Å²) >= 11 is 0. The zero-order valence-corrected chi connectivity index (χ0v) is 15.6. The number of unbranched alkanes of at least 4 members (excludes halogenated alkanes) is 3. The summed E-state index contributed by atoms with van der Waals surface area (Å²) in [6.45, 7) is 0.533. The fraction of sp³-hybridized carbons (Fsp3) is 0.318. The van der Waals surface area contributed by atoms with Crippen molar-refractivity contribution in [3.63, 3.8) is 0 Å². The fourth-order valence-electron chi connectivity index (χ4n) is 2.77. The van der Waals surface area contributed by atoms with Crippen molar-refractivity contribution in [2.24, 2.45) is 0 Å². The first-order chi connectivity index (χ1) is 13.1. The summed E-state index contributed by atoms with van der Waals surface area (Å²) in [6.07, 6.45) is 3.87. The predicted molar refractivity (Wildman–Crippen MR) is 104 cm³/mol. The van der Waals surface area contributed by atoms with Gasteiger partial charge in [0.05, 0.1) is 12.7 Å². The third-order valence-electron chi connectivity index (χ3n) is 4.27. The van der Waals surface area contributed by atoms with E-state index in [0.717, 1.165) is 25.7 Å². The van der Waals surface area contributed by atoms with Gasteiger partial charge in [-0.1, -0.05) is 61.4 Å². The van der Waals surface area contributed by atoms with Crippen LogP contribution in [0, 0.1) is 0 Å². The normalized spacial score (nSPS) is 10.3. The number of ether oxygens (including phenoxy) is 1. The maximum atomic E-state index is 12.7. The first-order valence-electron chi connectivity index (χ1n) is 9.17. The number of methoxy groups -OCH3 is 1. The number of carbonyl (C=O) groups is 3. The number of esters is 1. The van der Waals surface area contributed by atoms with Crippen LogP contribution in [0.3, 0.4) is 0 Å². The molecule has 5 nitrogen and oxygen atoms in total. The van der Waals surface area contributed by atoms with Crippen molar-refractivity contribution >= 4 is 17.7 Å². The average Bonchev–Trinajstić information content (AvgIpc) is 2.72. The summed E-state index contributed by atoms with van der Waals surface area (Å²) in [5.74, 6) is -0.600. The van der Waals surface area contributed by atoms with E-state index in [-0.39, 0.29) is 17.7 Å². The minimum absolute atomic E-state index is 0.163. The van der Waals surface area contributed by atoms with Crippen LogP contribution in [0.1, 0.15) is 58.4 Å². The summed E-state index contributed by atoms with van der Waals surface area (Å²) in [4.78, 5) is 36.2. The minimum Gasteiger partial charge on any atom is -0.469 e. The molecule has 142 valence electrons. The van der Waals surface area contributed by atoms with E-state index in [2.05, 4.69) is 10.1 Å². The Bertz CT molecular complexity index is 771. The van der Waals surface area contributed by atoms with Gasteiger partial charge in [0.25, 0.3) is 5.91 Å². The van der Waals surface area contributed by atoms with Gasteiger partial charge in [0.15, 0.2) is 5.78 Å². The Balaban J connectivity index is 1.85. The molecule has 2 aromatic carbocycles. The van der Waals surface area contributed by atoms with Crippen LogP contribution in [0.2, 0.25) is 0 Å². The lowest BCUT2D eigenvalue weighted by molar-refractivity contribution is -0.140. The van der Waals surface area contributed by atoms with Crippen molar-refractivity contribution in [2.75, 3.05) is 13.7 Å². The van der Waals surface area contributed by atoms with Gasteiger partial charge in [-0.15, -0.1) is 0 Å². The molecule has 5 heteroatoms. The van der Waals surface area contributed by atoms with Gasteiger partial charge in [-0.3, -0.25) is 14.4 Å². The molecule has 1 N–H and O–H groups in total. The summed E-state index contributed by atoms with van der Waals surface area (Å²) < 4.78 is 4.60. The molecule has 0 saturated carbocycles. The molecular formula is C22H25NO4. The van der Waals surface area contributed by atoms with E-state index in [9.17, 15) is 14.4 Å². The topological polar surface area (TPSA) is 72.5 Å². The standard InChI is InChI=1S/C22H25NO4/c1-27-20(24)15-7-2-3-10-16-23-22(26)19-14-9-8-13-18(19)21(25)17-11-5-4-6-12-17/h4-6,8-9,11-14H,2-3,7,10,15-16H2,1H3,(H,23,26). The van der Waals surface area contributed by atoms with Crippen LogP contribution in [0.5, 0.6) is 0 Å². The first-order valence-corrected chi connectivity index (χ1v) is 9.17. The molecule has 0 bridgehead atoms. The molecular weight excluding hydrogens is 342 g/mol. The van der Waals surface area contributed by atoms with E-state index in [1.54, 1.807) is 48.5 Å². The van der Waals surface area contributed by atoms with Crippen molar-refractivity contribution in [1.29, 1.82) is 0 Å². The molecule has 0 aliphatic carbocycles. The molecule has 2 rings (SSSR count). The monoisotopic (exact) mass is 367 g/mol. The van der Waals surface area contributed by atoms with Crippen LogP contribution in [-0.2, 0) is 9.53 Å². The van der Waals surface area contributed by atoms with Gasteiger partial charge in [-0.2, -0.15) is 0 Å². The van der Waals surface area contributed by atoms with Crippen LogP contribution in [0.4, 0.5) is 0 Å². The van der Waals surface area contributed by atoms with E-state index in [1.165, 1.54) is 7.11 Å². The summed E-state index contributed by atoms with van der Waals surface area (Å²) in [6, 6.07) is 15.8. The van der Waals surface area contributed by atoms with Gasteiger partial charge in [0.2, 0.25) is 0 Å². The number of hydrogen-bond acceptors (Lipinski definition) is 4. The molecule has 0 atom stereocenters. The second-order valence-electron chi connectivity index (χ2n) is 6.24. The molecule has 0 aliphatic heterocycles. The van der Waals surface area contributed by atoms with E-state index in [1.807, 2.05) is 6.07 Å². The van der Waals surface area contributed by atoms with Gasteiger partial charge in [0.1, 0.15) is 0 Å². The zero-order chi connectivity index (χ0) is 19.5. The van der Waals surface area contributed by atoms with Gasteiger partial charge in [-0.05, 0) is 18.9 Å². The van der Waals surface area contributed by atoms with E-state index in [0.29, 0.717) is 29.7 Å². The lowest BCUT2D eigenvalue weighted by atomic mass is 9.98. The molecule has 0 fully saturated rings. The third-order valence-corrected chi connectivity index (χ3v) is 4.27.